The maximum atomic E-state index is 13.1. The van der Waals surface area contributed by atoms with Crippen LogP contribution in [0, 0.1) is 6.92 Å². The first-order valence-corrected chi connectivity index (χ1v) is 8.82. The molecule has 1 amide bonds. The molecule has 0 aliphatic carbocycles. The van der Waals surface area contributed by atoms with Gasteiger partial charge < -0.3 is 5.32 Å². The van der Waals surface area contributed by atoms with Crippen LogP contribution < -0.4 is 5.32 Å². The van der Waals surface area contributed by atoms with Gasteiger partial charge in [0.15, 0.2) is 5.69 Å². The van der Waals surface area contributed by atoms with Gasteiger partial charge >= 0.3 is 6.18 Å². The van der Waals surface area contributed by atoms with Crippen LogP contribution in [0.25, 0.3) is 10.2 Å². The molecular weight excluding hydrogens is 367 g/mol. The molecule has 10 heteroatoms. The van der Waals surface area contributed by atoms with Crippen molar-refractivity contribution in [2.24, 2.45) is 7.05 Å². The lowest BCUT2D eigenvalue weighted by Gasteiger charge is -2.12. The number of halogens is 3. The molecule has 1 N–H and O–H groups in total. The zero-order valence-electron chi connectivity index (χ0n) is 14.7. The van der Waals surface area contributed by atoms with Gasteiger partial charge in [-0.15, -0.1) is 11.3 Å². The van der Waals surface area contributed by atoms with E-state index in [4.69, 9.17) is 0 Å². The zero-order chi connectivity index (χ0) is 19.2. The van der Waals surface area contributed by atoms with E-state index in [9.17, 15) is 18.0 Å². The van der Waals surface area contributed by atoms with E-state index < -0.39 is 17.8 Å². The minimum atomic E-state index is -4.56. The van der Waals surface area contributed by atoms with Crippen LogP contribution in [0.5, 0.6) is 0 Å². The Bertz CT molecular complexity index is 969. The molecule has 0 aromatic carbocycles. The Labute approximate surface area is 151 Å². The molecule has 0 saturated heterocycles. The van der Waals surface area contributed by atoms with E-state index in [0.29, 0.717) is 11.4 Å². The molecule has 0 fully saturated rings. The monoisotopic (exact) mass is 385 g/mol. The highest BCUT2D eigenvalue weighted by Crippen LogP contribution is 2.37. The first-order valence-electron chi connectivity index (χ1n) is 8.00. The van der Waals surface area contributed by atoms with Crippen LogP contribution in [0.1, 0.15) is 46.5 Å². The van der Waals surface area contributed by atoms with Gasteiger partial charge in [-0.1, -0.05) is 0 Å². The van der Waals surface area contributed by atoms with Gasteiger partial charge in [-0.05, 0) is 26.8 Å². The molecule has 3 heterocycles. The van der Waals surface area contributed by atoms with Gasteiger partial charge in [-0.25, -0.2) is 0 Å². The summed E-state index contributed by atoms with van der Waals surface area (Å²) in [5, 5.41) is 10.6. The van der Waals surface area contributed by atoms with Crippen LogP contribution in [-0.4, -0.2) is 25.5 Å². The number of thiophene rings is 1. The molecule has 0 saturated carbocycles. The van der Waals surface area contributed by atoms with Gasteiger partial charge in [-0.2, -0.15) is 23.4 Å². The van der Waals surface area contributed by atoms with E-state index in [2.05, 4.69) is 15.5 Å². The molecule has 0 spiro atoms. The molecule has 3 aromatic rings. The van der Waals surface area contributed by atoms with Crippen LogP contribution in [-0.2, 0) is 19.8 Å². The van der Waals surface area contributed by atoms with Crippen molar-refractivity contribution in [3.05, 3.63) is 34.1 Å². The molecule has 3 rings (SSSR count). The molecule has 26 heavy (non-hydrogen) atoms. The van der Waals surface area contributed by atoms with Crippen molar-refractivity contribution in [2.75, 3.05) is 0 Å². The van der Waals surface area contributed by atoms with E-state index in [1.165, 1.54) is 13.1 Å². The second kappa shape index (κ2) is 6.42. The second-order valence-corrected chi connectivity index (χ2v) is 7.05. The number of alkyl halides is 3. The van der Waals surface area contributed by atoms with Crippen molar-refractivity contribution < 1.29 is 18.0 Å². The molecule has 3 aromatic heterocycles. The number of hydrogen-bond donors (Lipinski definition) is 1. The molecule has 1 atom stereocenters. The summed E-state index contributed by atoms with van der Waals surface area (Å²) in [5.74, 6) is -0.421. The van der Waals surface area contributed by atoms with E-state index in [0.717, 1.165) is 27.3 Å². The summed E-state index contributed by atoms with van der Waals surface area (Å²) >= 11 is 0.988. The van der Waals surface area contributed by atoms with Crippen molar-refractivity contribution in [3.8, 4) is 0 Å². The van der Waals surface area contributed by atoms with E-state index in [1.54, 1.807) is 4.68 Å². The summed E-state index contributed by atoms with van der Waals surface area (Å²) in [6.07, 6.45) is -2.70. The number of carbonyl (C=O) groups excluding carboxylic acids is 1. The number of rotatable bonds is 4. The third-order valence-corrected chi connectivity index (χ3v) is 5.33. The normalized spacial score (nSPS) is 13.3. The first kappa shape index (κ1) is 18.4. The lowest BCUT2D eigenvalue weighted by Crippen LogP contribution is -2.26. The smallest absolute Gasteiger partial charge is 0.345 e. The highest BCUT2D eigenvalue weighted by molar-refractivity contribution is 7.20. The Hall–Kier alpha value is -2.36. The fourth-order valence-corrected chi connectivity index (χ4v) is 3.80. The molecule has 0 bridgehead atoms. The van der Waals surface area contributed by atoms with E-state index >= 15 is 0 Å². The molecule has 6 nitrogen and oxygen atoms in total. The van der Waals surface area contributed by atoms with Gasteiger partial charge in [0.1, 0.15) is 4.83 Å². The topological polar surface area (TPSA) is 64.7 Å². The Kier molecular flexibility index (Phi) is 4.55. The molecule has 140 valence electrons. The average molecular weight is 385 g/mol. The van der Waals surface area contributed by atoms with Crippen molar-refractivity contribution in [1.29, 1.82) is 0 Å². The Morgan fingerprint density at radius 2 is 2.08 bits per heavy atom. The van der Waals surface area contributed by atoms with Crippen molar-refractivity contribution >= 4 is 27.5 Å². The summed E-state index contributed by atoms with van der Waals surface area (Å²) < 4.78 is 42.1. The van der Waals surface area contributed by atoms with Crippen LogP contribution >= 0.6 is 11.3 Å². The first-order chi connectivity index (χ1) is 12.1. The van der Waals surface area contributed by atoms with Gasteiger partial charge in [0.05, 0.1) is 16.6 Å². The maximum Gasteiger partial charge on any atom is 0.435 e. The summed E-state index contributed by atoms with van der Waals surface area (Å²) in [6, 6.07) is 0.938. The number of aromatic nitrogens is 4. The Balaban J connectivity index is 1.87. The summed E-state index contributed by atoms with van der Waals surface area (Å²) in [6.45, 7) is 6.34. The lowest BCUT2D eigenvalue weighted by atomic mass is 10.1. The van der Waals surface area contributed by atoms with Crippen LogP contribution in [0.3, 0.4) is 0 Å². The Morgan fingerprint density at radius 1 is 1.38 bits per heavy atom. The molecule has 1 unspecified atom stereocenters. The number of hydrogen-bond acceptors (Lipinski definition) is 4. The van der Waals surface area contributed by atoms with Gasteiger partial charge in [0, 0.05) is 30.7 Å². The van der Waals surface area contributed by atoms with Gasteiger partial charge in [0.25, 0.3) is 5.91 Å². The summed E-state index contributed by atoms with van der Waals surface area (Å²) in [7, 11) is 1.43. The SMILES string of the molecule is CCn1cc(C(C)NC(=O)c2cc3c(C(F)(F)F)nn(C)c3s2)c(C)n1. The van der Waals surface area contributed by atoms with Gasteiger partial charge in [0.2, 0.25) is 0 Å². The number of fused-ring (bicyclic) bond motifs is 1. The third-order valence-electron chi connectivity index (χ3n) is 4.13. The lowest BCUT2D eigenvalue weighted by molar-refractivity contribution is -0.140. The number of carbonyl (C=O) groups is 1. The molecule has 0 aliphatic heterocycles. The minimum absolute atomic E-state index is 0.0576. The van der Waals surface area contributed by atoms with Crippen molar-refractivity contribution in [1.82, 2.24) is 24.9 Å². The van der Waals surface area contributed by atoms with Crippen LogP contribution in [0.4, 0.5) is 13.2 Å². The fourth-order valence-electron chi connectivity index (χ4n) is 2.83. The third kappa shape index (κ3) is 3.20. The second-order valence-electron chi connectivity index (χ2n) is 6.02. The zero-order valence-corrected chi connectivity index (χ0v) is 15.5. The van der Waals surface area contributed by atoms with E-state index in [1.807, 2.05) is 27.0 Å². The minimum Gasteiger partial charge on any atom is -0.345 e. The summed E-state index contributed by atoms with van der Waals surface area (Å²) in [4.78, 5) is 13.0. The highest BCUT2D eigenvalue weighted by Gasteiger charge is 2.37. The largest absolute Gasteiger partial charge is 0.435 e. The number of nitrogens with zero attached hydrogens (tertiary/aromatic N) is 4. The van der Waals surface area contributed by atoms with E-state index in [-0.39, 0.29) is 16.3 Å². The van der Waals surface area contributed by atoms with Crippen molar-refractivity contribution in [2.45, 2.75) is 39.5 Å². The number of nitrogens with one attached hydrogen (secondary N) is 1. The standard InChI is InChI=1S/C16H18F3N5OS/c1-5-24-7-11(9(3)21-24)8(2)20-14(25)12-6-10-13(16(17,18)19)22-23(4)15(10)26-12/h6-8H,5H2,1-4H3,(H,20,25). The quantitative estimate of drug-likeness (QED) is 0.745. The van der Waals surface area contributed by atoms with Crippen LogP contribution in [0.15, 0.2) is 12.3 Å². The number of aryl methyl sites for hydroxylation is 3. The predicted molar refractivity (Wildman–Crippen MR) is 92.1 cm³/mol. The number of amides is 1. The molecule has 0 radical (unpaired) electrons. The van der Waals surface area contributed by atoms with Gasteiger partial charge in [-0.3, -0.25) is 14.2 Å². The molecular formula is C16H18F3N5OS. The summed E-state index contributed by atoms with van der Waals surface area (Å²) in [5.41, 5.74) is 0.705. The Morgan fingerprint density at radius 3 is 2.65 bits per heavy atom. The predicted octanol–water partition coefficient (Wildman–Crippen LogP) is 3.67. The molecule has 0 aliphatic rings. The average Bonchev–Trinajstić information content (AvgIpc) is 3.21. The maximum absolute atomic E-state index is 13.1. The van der Waals surface area contributed by atoms with Crippen LogP contribution in [0.2, 0.25) is 0 Å². The fraction of sp³-hybridized carbons (Fsp3) is 0.438. The highest BCUT2D eigenvalue weighted by atomic mass is 32.1. The van der Waals surface area contributed by atoms with Crippen molar-refractivity contribution in [3.63, 3.8) is 0 Å².